The molecule has 0 aromatic rings. The van der Waals surface area contributed by atoms with E-state index in [1.54, 1.807) is 0 Å². The summed E-state index contributed by atoms with van der Waals surface area (Å²) in [5, 5.41) is 6.44. The highest BCUT2D eigenvalue weighted by Gasteiger charge is 2.54. The highest BCUT2D eigenvalue weighted by Crippen LogP contribution is 2.60. The second-order valence-corrected chi connectivity index (χ2v) is 10.5. The number of carbonyl (C=O) groups is 2. The van der Waals surface area contributed by atoms with Crippen LogP contribution in [0.5, 0.6) is 0 Å². The summed E-state index contributed by atoms with van der Waals surface area (Å²) in [6.45, 7) is 5.20. The zero-order chi connectivity index (χ0) is 19.0. The molecular weight excluding hydrogens is 336 g/mol. The maximum Gasteiger partial charge on any atom is 0.226 e. The summed E-state index contributed by atoms with van der Waals surface area (Å²) in [5.41, 5.74) is -0.0648. The van der Waals surface area contributed by atoms with Crippen molar-refractivity contribution in [3.05, 3.63) is 0 Å². The summed E-state index contributed by atoms with van der Waals surface area (Å²) >= 11 is 0. The Bertz CT molecular complexity index is 537. The predicted molar refractivity (Wildman–Crippen MR) is 107 cm³/mol. The first-order valence-corrected chi connectivity index (χ1v) is 11.5. The van der Waals surface area contributed by atoms with Crippen molar-refractivity contribution in [2.24, 2.45) is 35.0 Å². The number of carbonyl (C=O) groups excluding carboxylic acids is 2. The fourth-order valence-electron chi connectivity index (χ4n) is 7.09. The molecule has 0 aliphatic heterocycles. The summed E-state index contributed by atoms with van der Waals surface area (Å²) < 4.78 is 0. The first-order chi connectivity index (χ1) is 12.9. The largest absolute Gasteiger partial charge is 0.356 e. The highest BCUT2D eigenvalue weighted by atomic mass is 16.2. The molecule has 4 nitrogen and oxygen atoms in total. The summed E-state index contributed by atoms with van der Waals surface area (Å²) in [5.74, 6) is 4.11. The fourth-order valence-corrected chi connectivity index (χ4v) is 7.09. The number of hydrogen-bond donors (Lipinski definition) is 2. The van der Waals surface area contributed by atoms with E-state index in [0.29, 0.717) is 30.8 Å². The van der Waals surface area contributed by atoms with Gasteiger partial charge in [-0.05, 0) is 81.0 Å². The van der Waals surface area contributed by atoms with Gasteiger partial charge in [-0.3, -0.25) is 9.59 Å². The minimum atomic E-state index is -0.0648. The SMILES string of the molecule is C[C@@H]1[C@H](C)CCC[C@@H]1NC(=O)CCCNC(=O)C12CC3CC(CC(C3)C1)C2. The summed E-state index contributed by atoms with van der Waals surface area (Å²) in [4.78, 5) is 25.2. The van der Waals surface area contributed by atoms with Crippen molar-refractivity contribution in [1.82, 2.24) is 10.6 Å². The van der Waals surface area contributed by atoms with Gasteiger partial charge in [-0.15, -0.1) is 0 Å². The van der Waals surface area contributed by atoms with Crippen LogP contribution in [0, 0.1) is 35.0 Å². The van der Waals surface area contributed by atoms with Crippen LogP contribution in [0.3, 0.4) is 0 Å². The van der Waals surface area contributed by atoms with Crippen molar-refractivity contribution in [2.45, 2.75) is 90.5 Å². The van der Waals surface area contributed by atoms with E-state index in [9.17, 15) is 9.59 Å². The summed E-state index contributed by atoms with van der Waals surface area (Å²) in [6.07, 6.45) is 12.3. The molecule has 152 valence electrons. The molecule has 3 atom stereocenters. The van der Waals surface area contributed by atoms with Gasteiger partial charge >= 0.3 is 0 Å². The van der Waals surface area contributed by atoms with E-state index in [0.717, 1.165) is 49.9 Å². The number of nitrogens with one attached hydrogen (secondary N) is 2. The Morgan fingerprint density at radius 1 is 0.963 bits per heavy atom. The van der Waals surface area contributed by atoms with E-state index < -0.39 is 0 Å². The molecule has 0 aromatic heterocycles. The average molecular weight is 375 g/mol. The lowest BCUT2D eigenvalue weighted by molar-refractivity contribution is -0.146. The smallest absolute Gasteiger partial charge is 0.226 e. The molecule has 2 amide bonds. The highest BCUT2D eigenvalue weighted by molar-refractivity contribution is 5.83. The molecule has 0 aromatic carbocycles. The molecule has 5 rings (SSSR count). The summed E-state index contributed by atoms with van der Waals surface area (Å²) in [6, 6.07) is 0.336. The van der Waals surface area contributed by atoms with Gasteiger partial charge in [0.1, 0.15) is 0 Å². The number of hydrogen-bond acceptors (Lipinski definition) is 2. The molecule has 5 saturated carbocycles. The third kappa shape index (κ3) is 4.05. The second-order valence-electron chi connectivity index (χ2n) is 10.5. The van der Waals surface area contributed by atoms with Gasteiger partial charge in [-0.2, -0.15) is 0 Å². The standard InChI is InChI=1S/C23H38N2O2/c1-15-5-3-6-20(16(15)2)25-21(26)7-4-8-24-22(27)23-12-17-9-18(13-23)11-19(10-17)14-23/h15-20H,3-14H2,1-2H3,(H,24,27)(H,25,26)/t15-,16-,17?,18?,19?,20+,23?/m1/s1. The van der Waals surface area contributed by atoms with Crippen LogP contribution in [0.15, 0.2) is 0 Å². The molecule has 4 bridgehead atoms. The van der Waals surface area contributed by atoms with Crippen LogP contribution < -0.4 is 10.6 Å². The topological polar surface area (TPSA) is 58.2 Å². The van der Waals surface area contributed by atoms with Gasteiger partial charge in [0.25, 0.3) is 0 Å². The lowest BCUT2D eigenvalue weighted by atomic mass is 9.49. The Balaban J connectivity index is 1.18. The molecular formula is C23H38N2O2. The minimum absolute atomic E-state index is 0.0648. The Labute approximate surface area is 164 Å². The lowest BCUT2D eigenvalue weighted by Gasteiger charge is -2.55. The molecule has 0 radical (unpaired) electrons. The van der Waals surface area contributed by atoms with Crippen LogP contribution in [-0.4, -0.2) is 24.4 Å². The lowest BCUT2D eigenvalue weighted by Crippen LogP contribution is -2.53. The molecule has 4 heteroatoms. The van der Waals surface area contributed by atoms with Gasteiger partial charge in [-0.1, -0.05) is 26.7 Å². The van der Waals surface area contributed by atoms with E-state index >= 15 is 0 Å². The minimum Gasteiger partial charge on any atom is -0.356 e. The zero-order valence-corrected chi connectivity index (χ0v) is 17.3. The average Bonchev–Trinajstić information content (AvgIpc) is 2.61. The number of rotatable bonds is 6. The predicted octanol–water partition coefficient (Wildman–Crippen LogP) is 4.04. The molecule has 2 N–H and O–H groups in total. The van der Waals surface area contributed by atoms with E-state index in [2.05, 4.69) is 24.5 Å². The molecule has 0 unspecified atom stereocenters. The van der Waals surface area contributed by atoms with Crippen molar-refractivity contribution in [3.8, 4) is 0 Å². The van der Waals surface area contributed by atoms with Crippen LogP contribution in [0.2, 0.25) is 0 Å². The normalized spacial score (nSPS) is 42.7. The molecule has 5 aliphatic rings. The molecule has 27 heavy (non-hydrogen) atoms. The maximum absolute atomic E-state index is 12.9. The Morgan fingerprint density at radius 2 is 1.59 bits per heavy atom. The van der Waals surface area contributed by atoms with Gasteiger partial charge in [-0.25, -0.2) is 0 Å². The van der Waals surface area contributed by atoms with E-state index in [1.165, 1.54) is 32.1 Å². The molecule has 0 heterocycles. The molecule has 0 spiro atoms. The van der Waals surface area contributed by atoms with Crippen molar-refractivity contribution < 1.29 is 9.59 Å². The number of amides is 2. The van der Waals surface area contributed by atoms with Gasteiger partial charge in [0.15, 0.2) is 0 Å². The zero-order valence-electron chi connectivity index (χ0n) is 17.3. The first-order valence-electron chi connectivity index (χ1n) is 11.5. The summed E-state index contributed by atoms with van der Waals surface area (Å²) in [7, 11) is 0. The fraction of sp³-hybridized carbons (Fsp3) is 0.913. The van der Waals surface area contributed by atoms with Crippen molar-refractivity contribution in [1.29, 1.82) is 0 Å². The van der Waals surface area contributed by atoms with Crippen molar-refractivity contribution >= 4 is 11.8 Å². The van der Waals surface area contributed by atoms with Crippen molar-refractivity contribution in [3.63, 3.8) is 0 Å². The van der Waals surface area contributed by atoms with Crippen LogP contribution in [0.4, 0.5) is 0 Å². The van der Waals surface area contributed by atoms with Crippen LogP contribution >= 0.6 is 0 Å². The van der Waals surface area contributed by atoms with Gasteiger partial charge in [0.05, 0.1) is 0 Å². The molecule has 0 saturated heterocycles. The van der Waals surface area contributed by atoms with Gasteiger partial charge < -0.3 is 10.6 Å². The Kier molecular flexibility index (Phi) is 5.53. The third-order valence-corrected chi connectivity index (χ3v) is 8.44. The Hall–Kier alpha value is -1.06. The first kappa shape index (κ1) is 19.3. The van der Waals surface area contributed by atoms with Gasteiger partial charge in [0, 0.05) is 24.4 Å². The van der Waals surface area contributed by atoms with Gasteiger partial charge in [0.2, 0.25) is 11.8 Å². The van der Waals surface area contributed by atoms with Crippen LogP contribution in [0.25, 0.3) is 0 Å². The molecule has 5 fully saturated rings. The van der Waals surface area contributed by atoms with Crippen molar-refractivity contribution in [2.75, 3.05) is 6.54 Å². The van der Waals surface area contributed by atoms with E-state index in [-0.39, 0.29) is 17.2 Å². The second kappa shape index (κ2) is 7.75. The van der Waals surface area contributed by atoms with Crippen LogP contribution in [0.1, 0.15) is 84.5 Å². The maximum atomic E-state index is 12.9. The van der Waals surface area contributed by atoms with E-state index in [1.807, 2.05) is 0 Å². The Morgan fingerprint density at radius 3 is 2.22 bits per heavy atom. The third-order valence-electron chi connectivity index (χ3n) is 8.44. The van der Waals surface area contributed by atoms with E-state index in [4.69, 9.17) is 0 Å². The molecule has 5 aliphatic carbocycles. The van der Waals surface area contributed by atoms with Crippen LogP contribution in [-0.2, 0) is 9.59 Å². The monoisotopic (exact) mass is 374 g/mol. The quantitative estimate of drug-likeness (QED) is 0.689.